The van der Waals surface area contributed by atoms with Gasteiger partial charge in [0, 0.05) is 23.7 Å². The van der Waals surface area contributed by atoms with Crippen molar-refractivity contribution in [2.75, 3.05) is 7.11 Å². The molecule has 8 nitrogen and oxygen atoms in total. The van der Waals surface area contributed by atoms with Gasteiger partial charge in [-0.25, -0.2) is 14.5 Å². The lowest BCUT2D eigenvalue weighted by Gasteiger charge is -2.14. The summed E-state index contributed by atoms with van der Waals surface area (Å²) in [5.41, 5.74) is 2.27. The van der Waals surface area contributed by atoms with E-state index in [1.807, 2.05) is 42.8 Å². The third kappa shape index (κ3) is 4.05. The smallest absolute Gasteiger partial charge is 0.347 e. The number of methoxy groups -OCH3 is 1. The second kappa shape index (κ2) is 7.86. The van der Waals surface area contributed by atoms with Crippen molar-refractivity contribution in [3.63, 3.8) is 0 Å². The van der Waals surface area contributed by atoms with Gasteiger partial charge in [0.15, 0.2) is 0 Å². The van der Waals surface area contributed by atoms with Crippen LogP contribution in [0.1, 0.15) is 24.2 Å². The number of rotatable bonds is 6. The molecular formula is C19H21N5O3. The van der Waals surface area contributed by atoms with E-state index >= 15 is 0 Å². The quantitative estimate of drug-likeness (QED) is 0.715. The molecule has 140 valence electrons. The number of hydrogen-bond donors (Lipinski definition) is 1. The van der Waals surface area contributed by atoms with E-state index < -0.39 is 5.69 Å². The molecule has 1 atom stereocenters. The van der Waals surface area contributed by atoms with Crippen LogP contribution in [0, 0.1) is 6.92 Å². The summed E-state index contributed by atoms with van der Waals surface area (Å²) in [6.45, 7) is 3.75. The zero-order valence-electron chi connectivity index (χ0n) is 15.4. The maximum Gasteiger partial charge on any atom is 0.347 e. The first kappa shape index (κ1) is 18.4. The predicted molar refractivity (Wildman–Crippen MR) is 99.9 cm³/mol. The number of nitrogens with zero attached hydrogens (tertiary/aromatic N) is 4. The van der Waals surface area contributed by atoms with E-state index in [1.54, 1.807) is 19.4 Å². The fraction of sp³-hybridized carbons (Fsp3) is 0.263. The molecule has 1 aromatic carbocycles. The first-order valence-electron chi connectivity index (χ1n) is 8.49. The van der Waals surface area contributed by atoms with Crippen LogP contribution in [0.2, 0.25) is 0 Å². The number of ether oxygens (including phenoxy) is 1. The van der Waals surface area contributed by atoms with Gasteiger partial charge < -0.3 is 10.1 Å². The molecule has 0 unspecified atom stereocenters. The first-order chi connectivity index (χ1) is 13.0. The molecule has 1 amide bonds. The van der Waals surface area contributed by atoms with E-state index in [4.69, 9.17) is 4.74 Å². The highest BCUT2D eigenvalue weighted by Gasteiger charge is 2.17. The topological polar surface area (TPSA) is 91.0 Å². The number of aromatic nitrogens is 4. The van der Waals surface area contributed by atoms with E-state index in [-0.39, 0.29) is 18.5 Å². The van der Waals surface area contributed by atoms with Crippen molar-refractivity contribution in [1.29, 1.82) is 0 Å². The minimum Gasteiger partial charge on any atom is -0.497 e. The van der Waals surface area contributed by atoms with E-state index in [9.17, 15) is 9.59 Å². The largest absolute Gasteiger partial charge is 0.497 e. The molecule has 0 saturated carbocycles. The molecule has 0 radical (unpaired) electrons. The number of carbonyl (C=O) groups is 1. The van der Waals surface area contributed by atoms with Gasteiger partial charge in [-0.1, -0.05) is 0 Å². The Morgan fingerprint density at radius 2 is 2.04 bits per heavy atom. The summed E-state index contributed by atoms with van der Waals surface area (Å²) < 4.78 is 8.24. The van der Waals surface area contributed by atoms with Crippen LogP contribution in [0.15, 0.2) is 53.7 Å². The Labute approximate surface area is 156 Å². The highest BCUT2D eigenvalue weighted by Crippen LogP contribution is 2.21. The van der Waals surface area contributed by atoms with Gasteiger partial charge in [-0.05, 0) is 44.2 Å². The standard InChI is InChI=1S/C19H21N5O3/c1-13(22-18(25)12-23-10-4-9-20-19(23)26)17-11-21-24(14(17)2)15-5-7-16(27-3)8-6-15/h4-11,13H,12H2,1-3H3,(H,22,25)/t13-/m1/s1. The fourth-order valence-electron chi connectivity index (χ4n) is 2.86. The van der Waals surface area contributed by atoms with Crippen LogP contribution in [-0.2, 0) is 11.3 Å². The molecule has 0 saturated heterocycles. The van der Waals surface area contributed by atoms with Crippen molar-refractivity contribution in [1.82, 2.24) is 24.6 Å². The summed E-state index contributed by atoms with van der Waals surface area (Å²) in [7, 11) is 1.62. The Morgan fingerprint density at radius 1 is 1.30 bits per heavy atom. The zero-order chi connectivity index (χ0) is 19.4. The van der Waals surface area contributed by atoms with Crippen molar-refractivity contribution < 1.29 is 9.53 Å². The number of benzene rings is 1. The molecule has 2 aromatic heterocycles. The maximum absolute atomic E-state index is 12.3. The molecular weight excluding hydrogens is 346 g/mol. The summed E-state index contributed by atoms with van der Waals surface area (Å²) >= 11 is 0. The average Bonchev–Trinajstić information content (AvgIpc) is 3.05. The summed E-state index contributed by atoms with van der Waals surface area (Å²) in [5, 5.41) is 7.32. The molecule has 27 heavy (non-hydrogen) atoms. The van der Waals surface area contributed by atoms with E-state index in [2.05, 4.69) is 15.4 Å². The molecule has 0 bridgehead atoms. The fourth-order valence-corrected chi connectivity index (χ4v) is 2.86. The molecule has 0 aliphatic heterocycles. The molecule has 8 heteroatoms. The third-order valence-electron chi connectivity index (χ3n) is 4.31. The second-order valence-corrected chi connectivity index (χ2v) is 6.11. The summed E-state index contributed by atoms with van der Waals surface area (Å²) in [6.07, 6.45) is 4.67. The van der Waals surface area contributed by atoms with Crippen LogP contribution in [-0.4, -0.2) is 32.3 Å². The SMILES string of the molecule is COc1ccc(-n2ncc([C@@H](C)NC(=O)Cn3cccnc3=O)c2C)cc1. The lowest BCUT2D eigenvalue weighted by atomic mass is 10.1. The van der Waals surface area contributed by atoms with E-state index in [0.717, 1.165) is 22.7 Å². The summed E-state index contributed by atoms with van der Waals surface area (Å²) in [5.74, 6) is 0.504. The number of carbonyl (C=O) groups excluding carboxylic acids is 1. The second-order valence-electron chi connectivity index (χ2n) is 6.11. The van der Waals surface area contributed by atoms with Gasteiger partial charge in [0.1, 0.15) is 12.3 Å². The first-order valence-corrected chi connectivity index (χ1v) is 8.49. The molecule has 0 spiro atoms. The number of amides is 1. The van der Waals surface area contributed by atoms with Crippen LogP contribution in [0.3, 0.4) is 0 Å². The number of hydrogen-bond acceptors (Lipinski definition) is 5. The minimum atomic E-state index is -0.455. The van der Waals surface area contributed by atoms with Crippen LogP contribution in [0.4, 0.5) is 0 Å². The molecule has 0 aliphatic carbocycles. The van der Waals surface area contributed by atoms with Crippen molar-refractivity contribution >= 4 is 5.91 Å². The predicted octanol–water partition coefficient (Wildman–Crippen LogP) is 1.62. The summed E-state index contributed by atoms with van der Waals surface area (Å²) in [6, 6.07) is 8.93. The van der Waals surface area contributed by atoms with Gasteiger partial charge in [0.05, 0.1) is 25.0 Å². The lowest BCUT2D eigenvalue weighted by Crippen LogP contribution is -2.34. The molecule has 0 fully saturated rings. The van der Waals surface area contributed by atoms with E-state index in [1.165, 1.54) is 17.0 Å². The van der Waals surface area contributed by atoms with Gasteiger partial charge >= 0.3 is 5.69 Å². The van der Waals surface area contributed by atoms with Gasteiger partial charge in [0.25, 0.3) is 0 Å². The molecule has 3 rings (SSSR count). The highest BCUT2D eigenvalue weighted by atomic mass is 16.5. The molecule has 3 aromatic rings. The normalized spacial score (nSPS) is 11.8. The van der Waals surface area contributed by atoms with E-state index in [0.29, 0.717) is 0 Å². The molecule has 1 N–H and O–H groups in total. The molecule has 0 aliphatic rings. The third-order valence-corrected chi connectivity index (χ3v) is 4.31. The Bertz CT molecular complexity index is 991. The van der Waals surface area contributed by atoms with Gasteiger partial charge in [-0.2, -0.15) is 5.10 Å². The van der Waals surface area contributed by atoms with Crippen molar-refractivity contribution in [2.24, 2.45) is 0 Å². The summed E-state index contributed by atoms with van der Waals surface area (Å²) in [4.78, 5) is 27.5. The van der Waals surface area contributed by atoms with Gasteiger partial charge in [0.2, 0.25) is 5.91 Å². The Morgan fingerprint density at radius 3 is 2.70 bits per heavy atom. The van der Waals surface area contributed by atoms with Crippen LogP contribution in [0.25, 0.3) is 5.69 Å². The highest BCUT2D eigenvalue weighted by molar-refractivity contribution is 5.76. The molecule has 2 heterocycles. The monoisotopic (exact) mass is 367 g/mol. The van der Waals surface area contributed by atoms with Gasteiger partial charge in [-0.15, -0.1) is 0 Å². The zero-order valence-corrected chi connectivity index (χ0v) is 15.4. The van der Waals surface area contributed by atoms with Crippen LogP contribution < -0.4 is 15.7 Å². The Hall–Kier alpha value is -3.42. The maximum atomic E-state index is 12.3. The number of nitrogens with one attached hydrogen (secondary N) is 1. The Balaban J connectivity index is 1.72. The van der Waals surface area contributed by atoms with Crippen molar-refractivity contribution in [2.45, 2.75) is 26.4 Å². The minimum absolute atomic E-state index is 0.0807. The lowest BCUT2D eigenvalue weighted by molar-refractivity contribution is -0.122. The van der Waals surface area contributed by atoms with Crippen molar-refractivity contribution in [3.05, 3.63) is 70.7 Å². The van der Waals surface area contributed by atoms with Crippen molar-refractivity contribution in [3.8, 4) is 11.4 Å². The Kier molecular flexibility index (Phi) is 5.35. The average molecular weight is 367 g/mol. The van der Waals surface area contributed by atoms with Crippen LogP contribution >= 0.6 is 0 Å². The van der Waals surface area contributed by atoms with Gasteiger partial charge in [-0.3, -0.25) is 9.36 Å². The van der Waals surface area contributed by atoms with Crippen LogP contribution in [0.5, 0.6) is 5.75 Å².